The molecule has 4 heteroatoms. The highest BCUT2D eigenvalue weighted by Crippen LogP contribution is 2.36. The van der Waals surface area contributed by atoms with Gasteiger partial charge in [0.2, 0.25) is 0 Å². The summed E-state index contributed by atoms with van der Waals surface area (Å²) in [6.07, 6.45) is 2.44. The monoisotopic (exact) mass is 282 g/mol. The standard InChI is InChI=1S/C17H18N2O2/c1-12-5-4-9-18-15(12)11-19-10-8-14(17(20)21)13-6-2-3-7-16(13)19/h2-7,9,14H,8,10-11H2,1H3,(H,20,21). The van der Waals surface area contributed by atoms with Crippen LogP contribution in [0.3, 0.4) is 0 Å². The number of carboxylic acids is 1. The number of nitrogens with zero attached hydrogens (tertiary/aromatic N) is 2. The molecule has 0 fully saturated rings. The van der Waals surface area contributed by atoms with Gasteiger partial charge in [0, 0.05) is 18.4 Å². The van der Waals surface area contributed by atoms with Crippen LogP contribution in [0, 0.1) is 6.92 Å². The van der Waals surface area contributed by atoms with Crippen LogP contribution < -0.4 is 4.90 Å². The maximum absolute atomic E-state index is 11.4. The number of aryl methyl sites for hydroxylation is 1. The van der Waals surface area contributed by atoms with E-state index in [-0.39, 0.29) is 0 Å². The number of benzene rings is 1. The third-order valence-corrected chi connectivity index (χ3v) is 4.10. The van der Waals surface area contributed by atoms with Gasteiger partial charge in [-0.2, -0.15) is 0 Å². The number of para-hydroxylation sites is 1. The molecule has 4 nitrogen and oxygen atoms in total. The van der Waals surface area contributed by atoms with E-state index in [1.807, 2.05) is 30.3 Å². The van der Waals surface area contributed by atoms with Crippen molar-refractivity contribution < 1.29 is 9.90 Å². The van der Waals surface area contributed by atoms with Crippen molar-refractivity contribution in [1.82, 2.24) is 4.98 Å². The molecule has 0 spiro atoms. The first-order valence-corrected chi connectivity index (χ1v) is 7.14. The first kappa shape index (κ1) is 13.6. The smallest absolute Gasteiger partial charge is 0.311 e. The highest BCUT2D eigenvalue weighted by molar-refractivity contribution is 5.80. The fraction of sp³-hybridized carbons (Fsp3) is 0.294. The van der Waals surface area contributed by atoms with Crippen LogP contribution in [0.15, 0.2) is 42.6 Å². The number of pyridine rings is 1. The molecule has 1 atom stereocenters. The van der Waals surface area contributed by atoms with Gasteiger partial charge in [0.25, 0.3) is 0 Å². The summed E-state index contributed by atoms with van der Waals surface area (Å²) in [4.78, 5) is 18.1. The van der Waals surface area contributed by atoms with Crippen molar-refractivity contribution in [3.63, 3.8) is 0 Å². The molecule has 1 aliphatic heterocycles. The molecule has 21 heavy (non-hydrogen) atoms. The van der Waals surface area contributed by atoms with Gasteiger partial charge in [-0.1, -0.05) is 24.3 Å². The van der Waals surface area contributed by atoms with Gasteiger partial charge in [0.05, 0.1) is 18.2 Å². The second-order valence-corrected chi connectivity index (χ2v) is 5.43. The molecule has 1 N–H and O–H groups in total. The zero-order chi connectivity index (χ0) is 14.8. The lowest BCUT2D eigenvalue weighted by atomic mass is 9.90. The van der Waals surface area contributed by atoms with Gasteiger partial charge in [-0.05, 0) is 36.6 Å². The number of hydrogen-bond donors (Lipinski definition) is 1. The van der Waals surface area contributed by atoms with Crippen LogP contribution in [0.5, 0.6) is 0 Å². The number of hydrogen-bond acceptors (Lipinski definition) is 3. The van der Waals surface area contributed by atoms with Crippen molar-refractivity contribution in [2.24, 2.45) is 0 Å². The van der Waals surface area contributed by atoms with Gasteiger partial charge >= 0.3 is 5.97 Å². The molecule has 0 aliphatic carbocycles. The Bertz CT molecular complexity index is 669. The number of carboxylic acid groups (broad SMARTS) is 1. The van der Waals surface area contributed by atoms with E-state index in [9.17, 15) is 9.90 Å². The van der Waals surface area contributed by atoms with E-state index < -0.39 is 11.9 Å². The summed E-state index contributed by atoms with van der Waals surface area (Å²) >= 11 is 0. The van der Waals surface area contributed by atoms with Crippen LogP contribution in [0.4, 0.5) is 5.69 Å². The first-order chi connectivity index (χ1) is 10.2. The zero-order valence-electron chi connectivity index (χ0n) is 12.0. The lowest BCUT2D eigenvalue weighted by molar-refractivity contribution is -0.139. The van der Waals surface area contributed by atoms with Crippen molar-refractivity contribution in [2.45, 2.75) is 25.8 Å². The molecular formula is C17H18N2O2. The zero-order valence-corrected chi connectivity index (χ0v) is 12.0. The summed E-state index contributed by atoms with van der Waals surface area (Å²) in [6.45, 7) is 3.51. The van der Waals surface area contributed by atoms with Crippen LogP contribution in [-0.2, 0) is 11.3 Å². The maximum atomic E-state index is 11.4. The number of carbonyl (C=O) groups is 1. The van der Waals surface area contributed by atoms with Gasteiger partial charge in [-0.3, -0.25) is 9.78 Å². The molecule has 0 amide bonds. The normalized spacial score (nSPS) is 17.4. The van der Waals surface area contributed by atoms with Gasteiger partial charge in [-0.15, -0.1) is 0 Å². The molecule has 3 rings (SSSR count). The van der Waals surface area contributed by atoms with Crippen molar-refractivity contribution in [1.29, 1.82) is 0 Å². The predicted octanol–water partition coefficient (Wildman–Crippen LogP) is 2.97. The molecule has 0 bridgehead atoms. The van der Waals surface area contributed by atoms with Crippen molar-refractivity contribution >= 4 is 11.7 Å². The van der Waals surface area contributed by atoms with Crippen LogP contribution in [-0.4, -0.2) is 22.6 Å². The lowest BCUT2D eigenvalue weighted by Gasteiger charge is -2.34. The number of rotatable bonds is 3. The topological polar surface area (TPSA) is 53.4 Å². The van der Waals surface area contributed by atoms with Crippen LogP contribution in [0.1, 0.15) is 29.2 Å². The van der Waals surface area contributed by atoms with E-state index in [0.29, 0.717) is 6.42 Å². The summed E-state index contributed by atoms with van der Waals surface area (Å²) in [5.74, 6) is -1.14. The van der Waals surface area contributed by atoms with E-state index in [1.54, 1.807) is 6.20 Å². The molecule has 0 saturated heterocycles. The molecule has 1 aliphatic rings. The largest absolute Gasteiger partial charge is 0.481 e. The SMILES string of the molecule is Cc1cccnc1CN1CCC(C(=O)O)c2ccccc21. The minimum absolute atomic E-state index is 0.401. The molecule has 2 heterocycles. The number of anilines is 1. The van der Waals surface area contributed by atoms with E-state index in [0.717, 1.165) is 35.6 Å². The lowest BCUT2D eigenvalue weighted by Crippen LogP contribution is -2.33. The summed E-state index contributed by atoms with van der Waals surface area (Å²) < 4.78 is 0. The number of aliphatic carboxylic acids is 1. The third-order valence-electron chi connectivity index (χ3n) is 4.10. The van der Waals surface area contributed by atoms with Crippen LogP contribution in [0.25, 0.3) is 0 Å². The van der Waals surface area contributed by atoms with Gasteiger partial charge in [0.1, 0.15) is 0 Å². The van der Waals surface area contributed by atoms with Crippen molar-refractivity contribution in [3.05, 3.63) is 59.4 Å². The Morgan fingerprint density at radius 1 is 1.33 bits per heavy atom. The third kappa shape index (κ3) is 2.61. The molecule has 1 aromatic heterocycles. The summed E-state index contributed by atoms with van der Waals surface area (Å²) in [5.41, 5.74) is 4.13. The number of aromatic nitrogens is 1. The van der Waals surface area contributed by atoms with Crippen LogP contribution >= 0.6 is 0 Å². The molecule has 0 saturated carbocycles. The summed E-state index contributed by atoms with van der Waals surface area (Å²) in [5, 5.41) is 9.37. The quantitative estimate of drug-likeness (QED) is 0.940. The molecule has 1 aromatic carbocycles. The van der Waals surface area contributed by atoms with E-state index in [4.69, 9.17) is 0 Å². The predicted molar refractivity (Wildman–Crippen MR) is 81.5 cm³/mol. The highest BCUT2D eigenvalue weighted by atomic mass is 16.4. The number of fused-ring (bicyclic) bond motifs is 1. The fourth-order valence-electron chi connectivity index (χ4n) is 2.92. The van der Waals surface area contributed by atoms with E-state index in [1.165, 1.54) is 0 Å². The molecular weight excluding hydrogens is 264 g/mol. The van der Waals surface area contributed by atoms with Gasteiger partial charge < -0.3 is 10.0 Å². The first-order valence-electron chi connectivity index (χ1n) is 7.14. The Morgan fingerprint density at radius 3 is 2.90 bits per heavy atom. The Kier molecular flexibility index (Phi) is 3.60. The maximum Gasteiger partial charge on any atom is 0.311 e. The minimum atomic E-state index is -0.740. The summed E-state index contributed by atoms with van der Waals surface area (Å²) in [6, 6.07) is 11.8. The fourth-order valence-corrected chi connectivity index (χ4v) is 2.92. The van der Waals surface area contributed by atoms with E-state index >= 15 is 0 Å². The van der Waals surface area contributed by atoms with Crippen molar-refractivity contribution in [2.75, 3.05) is 11.4 Å². The molecule has 1 unspecified atom stereocenters. The minimum Gasteiger partial charge on any atom is -0.481 e. The van der Waals surface area contributed by atoms with E-state index in [2.05, 4.69) is 22.9 Å². The second kappa shape index (κ2) is 5.56. The summed E-state index contributed by atoms with van der Waals surface area (Å²) in [7, 11) is 0. The van der Waals surface area contributed by atoms with Crippen molar-refractivity contribution in [3.8, 4) is 0 Å². The second-order valence-electron chi connectivity index (χ2n) is 5.43. The average molecular weight is 282 g/mol. The Hall–Kier alpha value is -2.36. The Balaban J connectivity index is 1.93. The average Bonchev–Trinajstić information content (AvgIpc) is 2.49. The highest BCUT2D eigenvalue weighted by Gasteiger charge is 2.29. The molecule has 2 aromatic rings. The Morgan fingerprint density at radius 2 is 2.14 bits per heavy atom. The molecule has 0 radical (unpaired) electrons. The van der Waals surface area contributed by atoms with Gasteiger partial charge in [0.15, 0.2) is 0 Å². The Labute approximate surface area is 124 Å². The van der Waals surface area contributed by atoms with Gasteiger partial charge in [-0.25, -0.2) is 0 Å². The van der Waals surface area contributed by atoms with Crippen LogP contribution in [0.2, 0.25) is 0 Å². The molecule has 108 valence electrons.